The zero-order valence-electron chi connectivity index (χ0n) is 18.8. The van der Waals surface area contributed by atoms with E-state index in [1.165, 1.54) is 5.56 Å². The molecule has 0 fully saturated rings. The second-order valence-electron chi connectivity index (χ2n) is 7.99. The van der Waals surface area contributed by atoms with Crippen molar-refractivity contribution in [3.8, 4) is 5.75 Å². The molecule has 2 rings (SSSR count). The SMILES string of the molecule is CCCNC(=O)[C@@H](C)N(Cc1cccc(C)c1)C(=O)COc1ccc(C(C)C)cc1. The van der Waals surface area contributed by atoms with Crippen molar-refractivity contribution in [2.75, 3.05) is 13.2 Å². The van der Waals surface area contributed by atoms with Gasteiger partial charge in [0.25, 0.3) is 5.91 Å². The number of ether oxygens (including phenoxy) is 1. The van der Waals surface area contributed by atoms with Crippen molar-refractivity contribution in [1.82, 2.24) is 10.2 Å². The maximum Gasteiger partial charge on any atom is 0.261 e. The van der Waals surface area contributed by atoms with Crippen molar-refractivity contribution < 1.29 is 14.3 Å². The Bertz CT molecular complexity index is 831. The zero-order valence-corrected chi connectivity index (χ0v) is 18.8. The van der Waals surface area contributed by atoms with Crippen LogP contribution in [0.15, 0.2) is 48.5 Å². The number of nitrogens with zero attached hydrogens (tertiary/aromatic N) is 1. The van der Waals surface area contributed by atoms with E-state index in [0.29, 0.717) is 24.8 Å². The average molecular weight is 411 g/mol. The second kappa shape index (κ2) is 11.4. The smallest absolute Gasteiger partial charge is 0.261 e. The standard InChI is InChI=1S/C25H34N2O3/c1-6-14-26-25(29)20(5)27(16-21-9-7-8-19(4)15-21)24(28)17-30-23-12-10-22(11-13-23)18(2)3/h7-13,15,18,20H,6,14,16-17H2,1-5H3,(H,26,29)/t20-/m1/s1. The van der Waals surface area contributed by atoms with Gasteiger partial charge in [-0.1, -0.05) is 62.7 Å². The molecule has 1 N–H and O–H groups in total. The van der Waals surface area contributed by atoms with Gasteiger partial charge >= 0.3 is 0 Å². The first-order valence-electron chi connectivity index (χ1n) is 10.7. The van der Waals surface area contributed by atoms with E-state index in [1.807, 2.05) is 62.4 Å². The van der Waals surface area contributed by atoms with Crippen LogP contribution in [0, 0.1) is 6.92 Å². The number of carbonyl (C=O) groups excluding carboxylic acids is 2. The molecular formula is C25H34N2O3. The van der Waals surface area contributed by atoms with Gasteiger partial charge in [-0.15, -0.1) is 0 Å². The van der Waals surface area contributed by atoms with Crippen molar-refractivity contribution in [2.24, 2.45) is 0 Å². The van der Waals surface area contributed by atoms with Gasteiger partial charge in [-0.2, -0.15) is 0 Å². The lowest BCUT2D eigenvalue weighted by molar-refractivity contribution is -0.142. The third kappa shape index (κ3) is 6.90. The third-order valence-electron chi connectivity index (χ3n) is 5.06. The van der Waals surface area contributed by atoms with Crippen LogP contribution in [-0.2, 0) is 16.1 Å². The van der Waals surface area contributed by atoms with Gasteiger partial charge in [0.1, 0.15) is 11.8 Å². The van der Waals surface area contributed by atoms with Crippen LogP contribution in [0.4, 0.5) is 0 Å². The minimum Gasteiger partial charge on any atom is -0.484 e. The van der Waals surface area contributed by atoms with E-state index < -0.39 is 6.04 Å². The van der Waals surface area contributed by atoms with Crippen LogP contribution in [0.1, 0.15) is 56.7 Å². The van der Waals surface area contributed by atoms with Crippen LogP contribution in [0.5, 0.6) is 5.75 Å². The quantitative estimate of drug-likeness (QED) is 0.630. The molecule has 0 aromatic heterocycles. The predicted octanol–water partition coefficient (Wildman–Crippen LogP) is 4.44. The van der Waals surface area contributed by atoms with Gasteiger partial charge < -0.3 is 15.0 Å². The number of benzene rings is 2. The third-order valence-corrected chi connectivity index (χ3v) is 5.06. The van der Waals surface area contributed by atoms with Gasteiger partial charge in [0, 0.05) is 13.1 Å². The Balaban J connectivity index is 2.11. The van der Waals surface area contributed by atoms with Crippen molar-refractivity contribution >= 4 is 11.8 Å². The van der Waals surface area contributed by atoms with E-state index in [1.54, 1.807) is 11.8 Å². The van der Waals surface area contributed by atoms with Crippen LogP contribution in [0.3, 0.4) is 0 Å². The lowest BCUT2D eigenvalue weighted by atomic mass is 10.0. The first kappa shape index (κ1) is 23.5. The Morgan fingerprint density at radius 3 is 2.37 bits per heavy atom. The van der Waals surface area contributed by atoms with Crippen molar-refractivity contribution in [2.45, 2.75) is 59.5 Å². The fraction of sp³-hybridized carbons (Fsp3) is 0.440. The number of hydrogen-bond donors (Lipinski definition) is 1. The Labute approximate surface area is 180 Å². The van der Waals surface area contributed by atoms with Crippen LogP contribution in [-0.4, -0.2) is 35.9 Å². The summed E-state index contributed by atoms with van der Waals surface area (Å²) in [6, 6.07) is 15.2. The highest BCUT2D eigenvalue weighted by atomic mass is 16.5. The van der Waals surface area contributed by atoms with Crippen LogP contribution in [0.25, 0.3) is 0 Å². The molecule has 5 heteroatoms. The van der Waals surface area contributed by atoms with Gasteiger partial charge in [-0.25, -0.2) is 0 Å². The Kier molecular flexibility index (Phi) is 8.90. The summed E-state index contributed by atoms with van der Waals surface area (Å²) in [5.41, 5.74) is 3.32. The Hall–Kier alpha value is -2.82. The highest BCUT2D eigenvalue weighted by molar-refractivity contribution is 5.87. The molecule has 0 saturated heterocycles. The number of nitrogens with one attached hydrogen (secondary N) is 1. The summed E-state index contributed by atoms with van der Waals surface area (Å²) < 4.78 is 5.73. The molecule has 0 unspecified atom stereocenters. The molecule has 0 aliphatic heterocycles. The summed E-state index contributed by atoms with van der Waals surface area (Å²) in [6.07, 6.45) is 0.847. The first-order valence-corrected chi connectivity index (χ1v) is 10.7. The highest BCUT2D eigenvalue weighted by Crippen LogP contribution is 2.19. The molecule has 0 heterocycles. The number of carbonyl (C=O) groups is 2. The molecular weight excluding hydrogens is 376 g/mol. The molecule has 0 aliphatic rings. The van der Waals surface area contributed by atoms with E-state index in [-0.39, 0.29) is 18.4 Å². The fourth-order valence-corrected chi connectivity index (χ4v) is 3.16. The van der Waals surface area contributed by atoms with Crippen LogP contribution in [0.2, 0.25) is 0 Å². The summed E-state index contributed by atoms with van der Waals surface area (Å²) in [5.74, 6) is 0.710. The lowest BCUT2D eigenvalue weighted by Crippen LogP contribution is -2.49. The van der Waals surface area contributed by atoms with Crippen molar-refractivity contribution in [1.29, 1.82) is 0 Å². The van der Waals surface area contributed by atoms with Crippen molar-refractivity contribution in [3.63, 3.8) is 0 Å². The van der Waals surface area contributed by atoms with Crippen molar-refractivity contribution in [3.05, 3.63) is 65.2 Å². The molecule has 162 valence electrons. The summed E-state index contributed by atoms with van der Waals surface area (Å²) in [4.78, 5) is 27.1. The first-order chi connectivity index (χ1) is 14.3. The molecule has 30 heavy (non-hydrogen) atoms. The summed E-state index contributed by atoms with van der Waals surface area (Å²) in [7, 11) is 0. The minimum atomic E-state index is -0.587. The molecule has 0 spiro atoms. The second-order valence-corrected chi connectivity index (χ2v) is 7.99. The van der Waals surface area contributed by atoms with Gasteiger partial charge in [-0.05, 0) is 49.4 Å². The minimum absolute atomic E-state index is 0.113. The molecule has 1 atom stereocenters. The normalized spacial score (nSPS) is 11.8. The molecule has 5 nitrogen and oxygen atoms in total. The molecule has 0 bridgehead atoms. The summed E-state index contributed by atoms with van der Waals surface area (Å²) >= 11 is 0. The molecule has 2 aromatic rings. The maximum atomic E-state index is 13.0. The fourth-order valence-electron chi connectivity index (χ4n) is 3.16. The summed E-state index contributed by atoms with van der Waals surface area (Å²) in [5, 5.41) is 2.88. The Morgan fingerprint density at radius 2 is 1.77 bits per heavy atom. The largest absolute Gasteiger partial charge is 0.484 e. The molecule has 0 aliphatic carbocycles. The van der Waals surface area contributed by atoms with E-state index in [2.05, 4.69) is 19.2 Å². The zero-order chi connectivity index (χ0) is 22.1. The topological polar surface area (TPSA) is 58.6 Å². The van der Waals surface area contributed by atoms with Crippen LogP contribution >= 0.6 is 0 Å². The van der Waals surface area contributed by atoms with E-state index in [9.17, 15) is 9.59 Å². The lowest BCUT2D eigenvalue weighted by Gasteiger charge is -2.29. The summed E-state index contributed by atoms with van der Waals surface area (Å²) in [6.45, 7) is 10.9. The molecule has 0 saturated carbocycles. The number of hydrogen-bond acceptors (Lipinski definition) is 3. The molecule has 2 aromatic carbocycles. The maximum absolute atomic E-state index is 13.0. The average Bonchev–Trinajstić information content (AvgIpc) is 2.74. The monoisotopic (exact) mass is 410 g/mol. The molecule has 2 amide bonds. The van der Waals surface area contributed by atoms with E-state index in [4.69, 9.17) is 4.74 Å². The van der Waals surface area contributed by atoms with Gasteiger partial charge in [0.2, 0.25) is 5.91 Å². The van der Waals surface area contributed by atoms with Gasteiger partial charge in [0.05, 0.1) is 0 Å². The van der Waals surface area contributed by atoms with E-state index >= 15 is 0 Å². The van der Waals surface area contributed by atoms with Gasteiger partial charge in [-0.3, -0.25) is 9.59 Å². The highest BCUT2D eigenvalue weighted by Gasteiger charge is 2.26. The molecule has 0 radical (unpaired) electrons. The van der Waals surface area contributed by atoms with Crippen LogP contribution < -0.4 is 10.1 Å². The van der Waals surface area contributed by atoms with E-state index in [0.717, 1.165) is 17.5 Å². The van der Waals surface area contributed by atoms with Gasteiger partial charge in [0.15, 0.2) is 6.61 Å². The Morgan fingerprint density at radius 1 is 1.07 bits per heavy atom. The number of aryl methyl sites for hydroxylation is 1. The number of rotatable bonds is 10. The number of amides is 2. The predicted molar refractivity (Wildman–Crippen MR) is 121 cm³/mol.